The zero-order valence-corrected chi connectivity index (χ0v) is 12.4. The third-order valence-electron chi connectivity index (χ3n) is 4.96. The van der Waals surface area contributed by atoms with Crippen molar-refractivity contribution in [1.29, 1.82) is 0 Å². The molecule has 0 spiro atoms. The molecule has 1 aromatic rings. The summed E-state index contributed by atoms with van der Waals surface area (Å²) in [5.41, 5.74) is 6.84. The summed E-state index contributed by atoms with van der Waals surface area (Å²) in [6.07, 6.45) is 2.59. The van der Waals surface area contributed by atoms with Crippen molar-refractivity contribution in [1.82, 2.24) is 4.90 Å². The number of hydrogen-bond donors (Lipinski definition) is 1. The summed E-state index contributed by atoms with van der Waals surface area (Å²) in [5, 5.41) is 0. The lowest BCUT2D eigenvalue weighted by Crippen LogP contribution is -2.43. The molecule has 2 aliphatic rings. The average molecular weight is 272 g/mol. The molecule has 3 nitrogen and oxygen atoms in total. The lowest BCUT2D eigenvalue weighted by Gasteiger charge is -2.29. The Morgan fingerprint density at radius 1 is 1.20 bits per heavy atom. The monoisotopic (exact) mass is 272 g/mol. The Labute approximate surface area is 121 Å². The number of hydrogen-bond acceptors (Lipinski definition) is 2. The van der Waals surface area contributed by atoms with Crippen molar-refractivity contribution in [2.24, 2.45) is 17.6 Å². The molecule has 0 aromatic heterocycles. The van der Waals surface area contributed by atoms with Crippen molar-refractivity contribution in [3.63, 3.8) is 0 Å². The summed E-state index contributed by atoms with van der Waals surface area (Å²) in [6.45, 7) is 5.60. The minimum Gasteiger partial charge on any atom is -0.340 e. The molecule has 1 saturated carbocycles. The molecule has 0 radical (unpaired) electrons. The molecule has 3 rings (SSSR count). The molecule has 0 unspecified atom stereocenters. The first kappa shape index (κ1) is 13.6. The number of carbonyl (C=O) groups excluding carboxylic acids is 1. The summed E-state index contributed by atoms with van der Waals surface area (Å²) in [5.74, 6) is 1.50. The van der Waals surface area contributed by atoms with Crippen LogP contribution in [-0.2, 0) is 10.2 Å². The second-order valence-corrected chi connectivity index (χ2v) is 6.87. The van der Waals surface area contributed by atoms with Crippen molar-refractivity contribution in [2.75, 3.05) is 13.1 Å². The lowest BCUT2D eigenvalue weighted by atomic mass is 9.83. The van der Waals surface area contributed by atoms with Crippen LogP contribution in [0.15, 0.2) is 30.3 Å². The van der Waals surface area contributed by atoms with Crippen molar-refractivity contribution in [3.8, 4) is 0 Å². The maximum absolute atomic E-state index is 12.9. The summed E-state index contributed by atoms with van der Waals surface area (Å²) in [7, 11) is 0. The van der Waals surface area contributed by atoms with E-state index in [0.717, 1.165) is 24.6 Å². The maximum atomic E-state index is 12.9. The van der Waals surface area contributed by atoms with Crippen molar-refractivity contribution in [3.05, 3.63) is 35.9 Å². The van der Waals surface area contributed by atoms with Gasteiger partial charge in [-0.1, -0.05) is 30.3 Å². The second-order valence-electron chi connectivity index (χ2n) is 6.87. The van der Waals surface area contributed by atoms with Gasteiger partial charge in [-0.3, -0.25) is 4.79 Å². The molecular weight excluding hydrogens is 248 g/mol. The van der Waals surface area contributed by atoms with Gasteiger partial charge >= 0.3 is 0 Å². The Morgan fingerprint density at radius 3 is 2.45 bits per heavy atom. The van der Waals surface area contributed by atoms with Gasteiger partial charge in [-0.05, 0) is 44.1 Å². The lowest BCUT2D eigenvalue weighted by molar-refractivity contribution is -0.135. The number of amides is 1. The molecule has 108 valence electrons. The van der Waals surface area contributed by atoms with Crippen LogP contribution in [0.3, 0.4) is 0 Å². The molecule has 3 heteroatoms. The fourth-order valence-electron chi connectivity index (χ4n) is 3.42. The highest BCUT2D eigenvalue weighted by atomic mass is 16.2. The highest BCUT2D eigenvalue weighted by molar-refractivity contribution is 5.87. The van der Waals surface area contributed by atoms with E-state index < -0.39 is 5.41 Å². The number of nitrogens with zero attached hydrogens (tertiary/aromatic N) is 1. The standard InChI is InChI=1S/C17H24N2O/c1-17(2,13-6-4-3-5-7-13)16(20)19-10-14(12-8-9-12)15(18)11-19/h3-7,12,14-15H,8-11,18H2,1-2H3/t14-,15+/m1/s1. The summed E-state index contributed by atoms with van der Waals surface area (Å²) < 4.78 is 0. The number of carbonyl (C=O) groups is 1. The van der Waals surface area contributed by atoms with E-state index in [2.05, 4.69) is 0 Å². The van der Waals surface area contributed by atoms with E-state index in [4.69, 9.17) is 5.73 Å². The molecule has 1 heterocycles. The molecule has 1 aromatic carbocycles. The van der Waals surface area contributed by atoms with Crippen LogP contribution in [0.5, 0.6) is 0 Å². The fourth-order valence-corrected chi connectivity index (χ4v) is 3.42. The Balaban J connectivity index is 1.75. The minimum atomic E-state index is -0.473. The van der Waals surface area contributed by atoms with Crippen LogP contribution in [-0.4, -0.2) is 29.9 Å². The van der Waals surface area contributed by atoms with Crippen LogP contribution < -0.4 is 5.73 Å². The van der Waals surface area contributed by atoms with E-state index in [1.807, 2.05) is 49.1 Å². The van der Waals surface area contributed by atoms with Gasteiger partial charge in [0.1, 0.15) is 0 Å². The third-order valence-corrected chi connectivity index (χ3v) is 4.96. The Kier molecular flexibility index (Phi) is 3.33. The Morgan fingerprint density at radius 2 is 1.85 bits per heavy atom. The molecule has 1 amide bonds. The SMILES string of the molecule is CC(C)(C(=O)N1C[C@H](C2CC2)[C@@H](N)C1)c1ccccc1. The highest BCUT2D eigenvalue weighted by Gasteiger charge is 2.45. The van der Waals surface area contributed by atoms with Gasteiger partial charge in [-0.15, -0.1) is 0 Å². The van der Waals surface area contributed by atoms with Gasteiger partial charge in [-0.25, -0.2) is 0 Å². The molecule has 2 atom stereocenters. The molecule has 20 heavy (non-hydrogen) atoms. The van der Waals surface area contributed by atoms with E-state index in [1.165, 1.54) is 12.8 Å². The van der Waals surface area contributed by atoms with Crippen molar-refractivity contribution >= 4 is 5.91 Å². The maximum Gasteiger partial charge on any atom is 0.232 e. The predicted molar refractivity (Wildman–Crippen MR) is 80.2 cm³/mol. The van der Waals surface area contributed by atoms with Crippen LogP contribution >= 0.6 is 0 Å². The first-order valence-corrected chi connectivity index (χ1v) is 7.60. The van der Waals surface area contributed by atoms with Crippen LogP contribution in [0.1, 0.15) is 32.3 Å². The summed E-state index contributed by atoms with van der Waals surface area (Å²) >= 11 is 0. The smallest absolute Gasteiger partial charge is 0.232 e. The summed E-state index contributed by atoms with van der Waals surface area (Å²) in [4.78, 5) is 14.9. The Hall–Kier alpha value is -1.35. The zero-order chi connectivity index (χ0) is 14.3. The molecule has 0 bridgehead atoms. The topological polar surface area (TPSA) is 46.3 Å². The van der Waals surface area contributed by atoms with E-state index in [0.29, 0.717) is 5.92 Å². The van der Waals surface area contributed by atoms with Gasteiger partial charge in [0, 0.05) is 19.1 Å². The van der Waals surface area contributed by atoms with Gasteiger partial charge in [0.05, 0.1) is 5.41 Å². The molecular formula is C17H24N2O. The second kappa shape index (κ2) is 4.88. The van der Waals surface area contributed by atoms with Gasteiger partial charge in [-0.2, -0.15) is 0 Å². The molecule has 1 aliphatic carbocycles. The third kappa shape index (κ3) is 2.35. The van der Waals surface area contributed by atoms with E-state index in [-0.39, 0.29) is 11.9 Å². The van der Waals surface area contributed by atoms with E-state index in [1.54, 1.807) is 0 Å². The van der Waals surface area contributed by atoms with E-state index in [9.17, 15) is 4.79 Å². The van der Waals surface area contributed by atoms with Crippen molar-refractivity contribution in [2.45, 2.75) is 38.1 Å². The number of rotatable bonds is 3. The summed E-state index contributed by atoms with van der Waals surface area (Å²) in [6, 6.07) is 10.2. The fraction of sp³-hybridized carbons (Fsp3) is 0.588. The first-order chi connectivity index (χ1) is 9.50. The van der Waals surface area contributed by atoms with Gasteiger partial charge in [0.2, 0.25) is 5.91 Å². The largest absolute Gasteiger partial charge is 0.340 e. The molecule has 2 N–H and O–H groups in total. The van der Waals surface area contributed by atoms with Gasteiger partial charge in [0.25, 0.3) is 0 Å². The molecule has 1 aliphatic heterocycles. The predicted octanol–water partition coefficient (Wildman–Crippen LogP) is 2.16. The number of nitrogens with two attached hydrogens (primary N) is 1. The van der Waals surface area contributed by atoms with Crippen LogP contribution in [0.4, 0.5) is 0 Å². The van der Waals surface area contributed by atoms with Gasteiger partial charge in [0.15, 0.2) is 0 Å². The van der Waals surface area contributed by atoms with Crippen molar-refractivity contribution < 1.29 is 4.79 Å². The quantitative estimate of drug-likeness (QED) is 0.916. The first-order valence-electron chi connectivity index (χ1n) is 7.60. The van der Waals surface area contributed by atoms with E-state index >= 15 is 0 Å². The zero-order valence-electron chi connectivity index (χ0n) is 12.4. The minimum absolute atomic E-state index is 0.165. The molecule has 2 fully saturated rings. The number of benzene rings is 1. The average Bonchev–Trinajstić information content (AvgIpc) is 3.22. The van der Waals surface area contributed by atoms with Crippen LogP contribution in [0, 0.1) is 11.8 Å². The van der Waals surface area contributed by atoms with Crippen LogP contribution in [0.2, 0.25) is 0 Å². The van der Waals surface area contributed by atoms with Crippen LogP contribution in [0.25, 0.3) is 0 Å². The van der Waals surface area contributed by atoms with Gasteiger partial charge < -0.3 is 10.6 Å². The highest BCUT2D eigenvalue weighted by Crippen LogP contribution is 2.41. The molecule has 1 saturated heterocycles. The Bertz CT molecular complexity index is 493. The normalized spacial score (nSPS) is 26.9. The number of likely N-dealkylation sites (tertiary alicyclic amines) is 1.